The average molecular weight is 352 g/mol. The van der Waals surface area contributed by atoms with E-state index in [-0.39, 0.29) is 0 Å². The lowest BCUT2D eigenvalue weighted by molar-refractivity contribution is 0.145. The highest BCUT2D eigenvalue weighted by Crippen LogP contribution is 2.18. The van der Waals surface area contributed by atoms with Crippen LogP contribution in [0.25, 0.3) is 11.4 Å². The lowest BCUT2D eigenvalue weighted by Gasteiger charge is -2.10. The number of benzene rings is 1. The first-order chi connectivity index (χ1) is 11.7. The summed E-state index contributed by atoms with van der Waals surface area (Å²) in [5, 5.41) is 11.0. The Balaban J connectivity index is 1.80. The number of nitrogens with zero attached hydrogens (tertiary/aromatic N) is 3. The number of aliphatic imine (C=N–C) groups is 1. The van der Waals surface area contributed by atoms with Gasteiger partial charge in [0, 0.05) is 37.4 Å². The van der Waals surface area contributed by atoms with Gasteiger partial charge in [0.25, 0.3) is 0 Å². The van der Waals surface area contributed by atoms with E-state index in [9.17, 15) is 0 Å². The van der Waals surface area contributed by atoms with E-state index in [0.29, 0.717) is 29.2 Å². The van der Waals surface area contributed by atoms with Crippen LogP contribution in [0.3, 0.4) is 0 Å². The molecule has 2 aromatic rings. The molecule has 0 spiro atoms. The minimum atomic E-state index is 0.395. The Labute approximate surface area is 146 Å². The Hall–Kier alpha value is -2.12. The summed E-state index contributed by atoms with van der Waals surface area (Å²) in [5.74, 6) is 1.69. The third-order valence-electron chi connectivity index (χ3n) is 3.16. The lowest BCUT2D eigenvalue weighted by atomic mass is 10.2. The van der Waals surface area contributed by atoms with Gasteiger partial charge < -0.3 is 19.9 Å². The fourth-order valence-corrected chi connectivity index (χ4v) is 2.07. The number of hydrogen-bond acceptors (Lipinski definition) is 5. The molecule has 2 rings (SSSR count). The number of nitrogens with one attached hydrogen (secondary N) is 2. The van der Waals surface area contributed by atoms with E-state index in [1.165, 1.54) is 0 Å². The normalized spacial score (nSPS) is 11.5. The molecule has 0 fully saturated rings. The van der Waals surface area contributed by atoms with Gasteiger partial charge in [0.05, 0.1) is 6.54 Å². The van der Waals surface area contributed by atoms with Gasteiger partial charge in [-0.15, -0.1) is 0 Å². The molecule has 0 aliphatic carbocycles. The van der Waals surface area contributed by atoms with Gasteiger partial charge in [0.2, 0.25) is 11.7 Å². The second kappa shape index (κ2) is 9.89. The van der Waals surface area contributed by atoms with Gasteiger partial charge >= 0.3 is 0 Å². The highest BCUT2D eigenvalue weighted by Gasteiger charge is 2.09. The quantitative estimate of drug-likeness (QED) is 0.432. The van der Waals surface area contributed by atoms with Crippen molar-refractivity contribution in [2.75, 3.05) is 26.8 Å². The van der Waals surface area contributed by atoms with Gasteiger partial charge in [-0.05, 0) is 37.6 Å². The summed E-state index contributed by atoms with van der Waals surface area (Å²) in [7, 11) is 1.71. The molecule has 0 saturated heterocycles. The minimum Gasteiger partial charge on any atom is -0.382 e. The Bertz CT molecular complexity index is 642. The standard InChI is InChI=1S/C16H22ClN5O2/c1-3-23-10-4-9-19-16(18-2)20-11-14-21-15(22-24-14)12-5-7-13(17)8-6-12/h5-8H,3-4,9-11H2,1-2H3,(H2,18,19,20). The van der Waals surface area contributed by atoms with Crippen molar-refractivity contribution in [2.45, 2.75) is 19.9 Å². The highest BCUT2D eigenvalue weighted by molar-refractivity contribution is 6.30. The monoisotopic (exact) mass is 351 g/mol. The third kappa shape index (κ3) is 5.82. The molecule has 0 amide bonds. The van der Waals surface area contributed by atoms with Crippen LogP contribution < -0.4 is 10.6 Å². The molecule has 1 aromatic heterocycles. The molecule has 1 heterocycles. The second-order valence-corrected chi connectivity index (χ2v) is 5.36. The number of guanidine groups is 1. The van der Waals surface area contributed by atoms with Crippen LogP contribution >= 0.6 is 11.6 Å². The third-order valence-corrected chi connectivity index (χ3v) is 3.42. The van der Waals surface area contributed by atoms with Crippen LogP contribution in [-0.2, 0) is 11.3 Å². The van der Waals surface area contributed by atoms with E-state index in [0.717, 1.165) is 31.7 Å². The zero-order valence-electron chi connectivity index (χ0n) is 13.9. The van der Waals surface area contributed by atoms with Crippen LogP contribution in [0.4, 0.5) is 0 Å². The van der Waals surface area contributed by atoms with Crippen LogP contribution in [0, 0.1) is 0 Å². The lowest BCUT2D eigenvalue weighted by Crippen LogP contribution is -2.37. The molecule has 2 N–H and O–H groups in total. The molecular weight excluding hydrogens is 330 g/mol. The summed E-state index contributed by atoms with van der Waals surface area (Å²) < 4.78 is 10.5. The van der Waals surface area contributed by atoms with Gasteiger partial charge in [0.15, 0.2) is 5.96 Å². The van der Waals surface area contributed by atoms with Crippen molar-refractivity contribution >= 4 is 17.6 Å². The second-order valence-electron chi connectivity index (χ2n) is 4.92. The Morgan fingerprint density at radius 3 is 2.79 bits per heavy atom. The van der Waals surface area contributed by atoms with Gasteiger partial charge in [-0.25, -0.2) is 0 Å². The fourth-order valence-electron chi connectivity index (χ4n) is 1.95. The van der Waals surface area contributed by atoms with Gasteiger partial charge in [-0.2, -0.15) is 4.98 Å². The molecule has 0 bridgehead atoms. The SMILES string of the molecule is CCOCCCNC(=NC)NCc1nc(-c2ccc(Cl)cc2)no1. The number of rotatable bonds is 8. The van der Waals surface area contributed by atoms with Crippen molar-refractivity contribution in [1.82, 2.24) is 20.8 Å². The van der Waals surface area contributed by atoms with E-state index in [1.54, 1.807) is 19.2 Å². The molecule has 130 valence electrons. The van der Waals surface area contributed by atoms with Crippen LogP contribution in [0.1, 0.15) is 19.2 Å². The maximum absolute atomic E-state index is 5.87. The van der Waals surface area contributed by atoms with Crippen LogP contribution in [0.2, 0.25) is 5.02 Å². The maximum Gasteiger partial charge on any atom is 0.246 e. The van der Waals surface area contributed by atoms with E-state index >= 15 is 0 Å². The molecule has 7 nitrogen and oxygen atoms in total. The van der Waals surface area contributed by atoms with Gasteiger partial charge in [0.1, 0.15) is 0 Å². The molecule has 0 atom stereocenters. The summed E-state index contributed by atoms with van der Waals surface area (Å²) in [4.78, 5) is 8.50. The first-order valence-electron chi connectivity index (χ1n) is 7.83. The zero-order chi connectivity index (χ0) is 17.2. The predicted octanol–water partition coefficient (Wildman–Crippen LogP) is 2.48. The highest BCUT2D eigenvalue weighted by atomic mass is 35.5. The molecule has 8 heteroatoms. The largest absolute Gasteiger partial charge is 0.382 e. The van der Waals surface area contributed by atoms with Crippen molar-refractivity contribution in [3.63, 3.8) is 0 Å². The number of aromatic nitrogens is 2. The summed E-state index contributed by atoms with van der Waals surface area (Å²) >= 11 is 5.87. The van der Waals surface area contributed by atoms with E-state index in [1.807, 2.05) is 19.1 Å². The molecule has 1 aromatic carbocycles. The topological polar surface area (TPSA) is 84.6 Å². The number of halogens is 1. The number of ether oxygens (including phenoxy) is 1. The molecule has 0 aliphatic heterocycles. The van der Waals surface area contributed by atoms with Crippen molar-refractivity contribution in [3.8, 4) is 11.4 Å². The molecule has 0 saturated carbocycles. The fraction of sp³-hybridized carbons (Fsp3) is 0.438. The first-order valence-corrected chi connectivity index (χ1v) is 8.21. The predicted molar refractivity (Wildman–Crippen MR) is 94.1 cm³/mol. The summed E-state index contributed by atoms with van der Waals surface area (Å²) in [6.45, 7) is 4.62. The first kappa shape index (κ1) is 18.2. The molecular formula is C16H22ClN5O2. The molecule has 0 radical (unpaired) electrons. The van der Waals surface area contributed by atoms with Crippen molar-refractivity contribution in [2.24, 2.45) is 4.99 Å². The van der Waals surface area contributed by atoms with E-state index in [2.05, 4.69) is 25.8 Å². The molecule has 24 heavy (non-hydrogen) atoms. The van der Waals surface area contributed by atoms with Crippen molar-refractivity contribution in [3.05, 3.63) is 35.2 Å². The van der Waals surface area contributed by atoms with Gasteiger partial charge in [-0.3, -0.25) is 4.99 Å². The van der Waals surface area contributed by atoms with Crippen LogP contribution in [-0.4, -0.2) is 42.9 Å². The molecule has 0 aliphatic rings. The van der Waals surface area contributed by atoms with E-state index < -0.39 is 0 Å². The summed E-state index contributed by atoms with van der Waals surface area (Å²) in [6, 6.07) is 7.28. The van der Waals surface area contributed by atoms with Gasteiger partial charge in [-0.1, -0.05) is 16.8 Å². The smallest absolute Gasteiger partial charge is 0.246 e. The van der Waals surface area contributed by atoms with Crippen LogP contribution in [0.5, 0.6) is 0 Å². The zero-order valence-corrected chi connectivity index (χ0v) is 14.6. The molecule has 0 unspecified atom stereocenters. The maximum atomic E-state index is 5.87. The minimum absolute atomic E-state index is 0.395. The van der Waals surface area contributed by atoms with E-state index in [4.69, 9.17) is 20.9 Å². The Kier molecular flexibility index (Phi) is 7.51. The number of hydrogen-bond donors (Lipinski definition) is 2. The Morgan fingerprint density at radius 1 is 1.29 bits per heavy atom. The van der Waals surface area contributed by atoms with Crippen molar-refractivity contribution < 1.29 is 9.26 Å². The summed E-state index contributed by atoms with van der Waals surface area (Å²) in [5.41, 5.74) is 0.854. The average Bonchev–Trinajstić information content (AvgIpc) is 3.07. The van der Waals surface area contributed by atoms with Crippen LogP contribution in [0.15, 0.2) is 33.8 Å². The van der Waals surface area contributed by atoms with Crippen molar-refractivity contribution in [1.29, 1.82) is 0 Å². The summed E-state index contributed by atoms with van der Waals surface area (Å²) in [6.07, 6.45) is 0.913. The Morgan fingerprint density at radius 2 is 2.08 bits per heavy atom.